The molecule has 1 rings (SSSR count). The molecule has 0 saturated carbocycles. The summed E-state index contributed by atoms with van der Waals surface area (Å²) in [5.41, 5.74) is 0. The highest BCUT2D eigenvalue weighted by atomic mass is 16.3. The van der Waals surface area contributed by atoms with Crippen molar-refractivity contribution in [2.24, 2.45) is 0 Å². The summed E-state index contributed by atoms with van der Waals surface area (Å²) in [6, 6.07) is 0. The standard InChI is InChI=1S/C7H15NO2/c1-2-3-8-4-6(9)7(10)5-8/h6-7,9-10H,2-5H2,1H3. The van der Waals surface area contributed by atoms with Crippen LogP contribution < -0.4 is 0 Å². The van der Waals surface area contributed by atoms with E-state index in [0.717, 1.165) is 13.0 Å². The molecule has 1 aliphatic heterocycles. The molecule has 2 atom stereocenters. The molecule has 0 bridgehead atoms. The SMILES string of the molecule is CCCN1CC(O)C(O)C1. The fourth-order valence-electron chi connectivity index (χ4n) is 1.35. The van der Waals surface area contributed by atoms with E-state index in [0.29, 0.717) is 13.1 Å². The molecule has 2 N–H and O–H groups in total. The monoisotopic (exact) mass is 145 g/mol. The molecule has 3 heteroatoms. The predicted molar refractivity (Wildman–Crippen MR) is 38.7 cm³/mol. The molecule has 1 saturated heterocycles. The first-order valence-corrected chi connectivity index (χ1v) is 3.82. The Morgan fingerprint density at radius 2 is 1.80 bits per heavy atom. The number of aliphatic hydroxyl groups is 2. The Kier molecular flexibility index (Phi) is 2.65. The van der Waals surface area contributed by atoms with Gasteiger partial charge in [0.05, 0.1) is 12.2 Å². The van der Waals surface area contributed by atoms with Gasteiger partial charge in [0.15, 0.2) is 0 Å². The van der Waals surface area contributed by atoms with Gasteiger partial charge in [-0.1, -0.05) is 6.92 Å². The van der Waals surface area contributed by atoms with Crippen LogP contribution >= 0.6 is 0 Å². The van der Waals surface area contributed by atoms with Gasteiger partial charge in [0.25, 0.3) is 0 Å². The maximum absolute atomic E-state index is 9.10. The summed E-state index contributed by atoms with van der Waals surface area (Å²) >= 11 is 0. The minimum absolute atomic E-state index is 0.522. The minimum atomic E-state index is -0.522. The highest BCUT2D eigenvalue weighted by molar-refractivity contribution is 4.82. The van der Waals surface area contributed by atoms with Crippen molar-refractivity contribution in [3.63, 3.8) is 0 Å². The van der Waals surface area contributed by atoms with E-state index >= 15 is 0 Å². The van der Waals surface area contributed by atoms with Crippen LogP contribution in [0.1, 0.15) is 13.3 Å². The van der Waals surface area contributed by atoms with Crippen LogP contribution in [0, 0.1) is 0 Å². The molecule has 0 aromatic carbocycles. The van der Waals surface area contributed by atoms with Gasteiger partial charge in [-0.15, -0.1) is 0 Å². The van der Waals surface area contributed by atoms with E-state index in [1.807, 2.05) is 0 Å². The third kappa shape index (κ3) is 1.68. The second kappa shape index (κ2) is 3.32. The Morgan fingerprint density at radius 1 is 1.30 bits per heavy atom. The third-order valence-corrected chi connectivity index (χ3v) is 1.87. The molecule has 60 valence electrons. The Balaban J connectivity index is 2.27. The Bertz CT molecular complexity index is 97.8. The summed E-state index contributed by atoms with van der Waals surface area (Å²) < 4.78 is 0. The van der Waals surface area contributed by atoms with E-state index in [-0.39, 0.29) is 0 Å². The summed E-state index contributed by atoms with van der Waals surface area (Å²) in [5, 5.41) is 18.2. The van der Waals surface area contributed by atoms with E-state index in [4.69, 9.17) is 10.2 Å². The van der Waals surface area contributed by atoms with Crippen LogP contribution in [0.15, 0.2) is 0 Å². The second-order valence-electron chi connectivity index (χ2n) is 2.89. The van der Waals surface area contributed by atoms with E-state index in [1.54, 1.807) is 0 Å². The maximum Gasteiger partial charge on any atom is 0.0938 e. The predicted octanol–water partition coefficient (Wildman–Crippen LogP) is -0.566. The van der Waals surface area contributed by atoms with Crippen molar-refractivity contribution in [1.29, 1.82) is 0 Å². The van der Waals surface area contributed by atoms with Crippen LogP contribution in [0.2, 0.25) is 0 Å². The van der Waals surface area contributed by atoms with Crippen LogP contribution in [0.25, 0.3) is 0 Å². The molecule has 1 aliphatic rings. The third-order valence-electron chi connectivity index (χ3n) is 1.87. The number of hydrogen-bond donors (Lipinski definition) is 2. The lowest BCUT2D eigenvalue weighted by molar-refractivity contribution is 0.0572. The quantitative estimate of drug-likeness (QED) is 0.547. The summed E-state index contributed by atoms with van der Waals surface area (Å²) in [5.74, 6) is 0. The zero-order valence-electron chi connectivity index (χ0n) is 6.32. The molecule has 2 unspecified atom stereocenters. The normalized spacial score (nSPS) is 35.1. The van der Waals surface area contributed by atoms with Gasteiger partial charge in [0.2, 0.25) is 0 Å². The van der Waals surface area contributed by atoms with Gasteiger partial charge in [0, 0.05) is 13.1 Å². The Labute approximate surface area is 61.3 Å². The lowest BCUT2D eigenvalue weighted by Gasteiger charge is -2.11. The molecule has 10 heavy (non-hydrogen) atoms. The molecule has 0 amide bonds. The van der Waals surface area contributed by atoms with E-state index in [1.165, 1.54) is 0 Å². The fourth-order valence-corrected chi connectivity index (χ4v) is 1.35. The van der Waals surface area contributed by atoms with Crippen molar-refractivity contribution < 1.29 is 10.2 Å². The number of aliphatic hydroxyl groups excluding tert-OH is 2. The highest BCUT2D eigenvalue weighted by Crippen LogP contribution is 2.09. The number of nitrogens with zero attached hydrogens (tertiary/aromatic N) is 1. The topological polar surface area (TPSA) is 43.7 Å². The van der Waals surface area contributed by atoms with Crippen LogP contribution in [0.3, 0.4) is 0 Å². The molecule has 0 radical (unpaired) electrons. The van der Waals surface area contributed by atoms with Crippen molar-refractivity contribution in [3.05, 3.63) is 0 Å². The largest absolute Gasteiger partial charge is 0.389 e. The fraction of sp³-hybridized carbons (Fsp3) is 1.00. The van der Waals surface area contributed by atoms with Gasteiger partial charge in [-0.25, -0.2) is 0 Å². The number of β-amino-alcohol motifs (C(OH)–C–C–N with tert-alkyl or cyclic N) is 2. The maximum atomic E-state index is 9.10. The highest BCUT2D eigenvalue weighted by Gasteiger charge is 2.28. The van der Waals surface area contributed by atoms with Gasteiger partial charge in [-0.2, -0.15) is 0 Å². The number of likely N-dealkylation sites (tertiary alicyclic amines) is 1. The first-order valence-electron chi connectivity index (χ1n) is 3.82. The Morgan fingerprint density at radius 3 is 2.20 bits per heavy atom. The van der Waals surface area contributed by atoms with Crippen molar-refractivity contribution in [3.8, 4) is 0 Å². The van der Waals surface area contributed by atoms with Gasteiger partial charge in [-0.05, 0) is 13.0 Å². The van der Waals surface area contributed by atoms with Gasteiger partial charge >= 0.3 is 0 Å². The first kappa shape index (κ1) is 7.98. The molecule has 0 aliphatic carbocycles. The van der Waals surface area contributed by atoms with Crippen molar-refractivity contribution >= 4 is 0 Å². The van der Waals surface area contributed by atoms with Crippen LogP contribution in [-0.2, 0) is 0 Å². The Hall–Kier alpha value is -0.120. The van der Waals surface area contributed by atoms with Crippen molar-refractivity contribution in [2.45, 2.75) is 25.6 Å². The number of hydrogen-bond acceptors (Lipinski definition) is 3. The summed E-state index contributed by atoms with van der Waals surface area (Å²) in [7, 11) is 0. The molecule has 1 fully saturated rings. The van der Waals surface area contributed by atoms with Crippen molar-refractivity contribution in [1.82, 2.24) is 4.90 Å². The van der Waals surface area contributed by atoms with E-state index in [2.05, 4.69) is 11.8 Å². The van der Waals surface area contributed by atoms with E-state index in [9.17, 15) is 0 Å². The lowest BCUT2D eigenvalue weighted by Crippen LogP contribution is -2.22. The average molecular weight is 145 g/mol. The molecule has 0 aromatic rings. The van der Waals surface area contributed by atoms with Gasteiger partial charge < -0.3 is 10.2 Å². The lowest BCUT2D eigenvalue weighted by atomic mass is 10.3. The molecule has 3 nitrogen and oxygen atoms in total. The van der Waals surface area contributed by atoms with Crippen LogP contribution in [0.4, 0.5) is 0 Å². The van der Waals surface area contributed by atoms with Crippen LogP contribution in [0.5, 0.6) is 0 Å². The van der Waals surface area contributed by atoms with Crippen LogP contribution in [-0.4, -0.2) is 47.0 Å². The first-order chi connectivity index (χ1) is 4.74. The average Bonchev–Trinajstić information content (AvgIpc) is 2.14. The molecular weight excluding hydrogens is 130 g/mol. The molecular formula is C7H15NO2. The smallest absolute Gasteiger partial charge is 0.0938 e. The second-order valence-corrected chi connectivity index (χ2v) is 2.89. The van der Waals surface area contributed by atoms with Crippen molar-refractivity contribution in [2.75, 3.05) is 19.6 Å². The summed E-state index contributed by atoms with van der Waals surface area (Å²) in [6.07, 6.45) is 0.0394. The molecule has 0 spiro atoms. The zero-order valence-corrected chi connectivity index (χ0v) is 6.32. The minimum Gasteiger partial charge on any atom is -0.389 e. The molecule has 1 heterocycles. The number of rotatable bonds is 2. The zero-order chi connectivity index (χ0) is 7.56. The summed E-state index contributed by atoms with van der Waals surface area (Å²) in [6.45, 7) is 4.34. The van der Waals surface area contributed by atoms with Gasteiger partial charge in [-0.3, -0.25) is 4.90 Å². The van der Waals surface area contributed by atoms with E-state index < -0.39 is 12.2 Å². The van der Waals surface area contributed by atoms with Gasteiger partial charge in [0.1, 0.15) is 0 Å². The summed E-state index contributed by atoms with van der Waals surface area (Å²) in [4.78, 5) is 2.08. The molecule has 0 aromatic heterocycles.